The van der Waals surface area contributed by atoms with Gasteiger partial charge in [-0.25, -0.2) is 9.97 Å². The fourth-order valence-electron chi connectivity index (χ4n) is 2.99. The topological polar surface area (TPSA) is 58.4 Å². The first-order valence-corrected chi connectivity index (χ1v) is 8.67. The number of aromatic nitrogens is 4. The van der Waals surface area contributed by atoms with Gasteiger partial charge in [-0.05, 0) is 38.8 Å². The summed E-state index contributed by atoms with van der Waals surface area (Å²) in [5, 5.41) is 8.18. The van der Waals surface area contributed by atoms with Crippen LogP contribution < -0.4 is 10.2 Å². The maximum absolute atomic E-state index is 4.76. The van der Waals surface area contributed by atoms with Crippen LogP contribution in [0.2, 0.25) is 0 Å². The minimum absolute atomic E-state index is 0. The quantitative estimate of drug-likeness (QED) is 0.740. The van der Waals surface area contributed by atoms with Crippen LogP contribution in [0.1, 0.15) is 30.3 Å². The zero-order valence-corrected chi connectivity index (χ0v) is 17.4. The third-order valence-corrected chi connectivity index (χ3v) is 4.27. The molecule has 3 heterocycles. The minimum Gasteiger partial charge on any atom is -0.370 e. The van der Waals surface area contributed by atoms with Gasteiger partial charge in [0, 0.05) is 44.2 Å². The molecule has 0 saturated heterocycles. The summed E-state index contributed by atoms with van der Waals surface area (Å²) in [6.45, 7) is 9.22. The van der Waals surface area contributed by atoms with Gasteiger partial charge in [0.2, 0.25) is 0 Å². The number of pyridine rings is 1. The third kappa shape index (κ3) is 3.62. The summed E-state index contributed by atoms with van der Waals surface area (Å²) in [5.41, 5.74) is 6.11. The Morgan fingerprint density at radius 2 is 1.88 bits per heavy atom. The Morgan fingerprint density at radius 1 is 1.15 bits per heavy atom. The SMILES string of the molecule is CCCNc1cc(C)nc2c(-c3cnc(N(C)C)cc3C)c(C)nn12.S. The lowest BCUT2D eigenvalue weighted by molar-refractivity contribution is 0.885. The maximum atomic E-state index is 4.76. The fourth-order valence-corrected chi connectivity index (χ4v) is 2.99. The molecule has 0 aliphatic rings. The van der Waals surface area contributed by atoms with Crippen molar-refractivity contribution in [1.29, 1.82) is 0 Å². The van der Waals surface area contributed by atoms with E-state index < -0.39 is 0 Å². The van der Waals surface area contributed by atoms with Crippen LogP contribution in [0, 0.1) is 20.8 Å². The summed E-state index contributed by atoms with van der Waals surface area (Å²) < 4.78 is 1.91. The Balaban J connectivity index is 0.00000243. The molecule has 0 atom stereocenters. The van der Waals surface area contributed by atoms with E-state index in [0.717, 1.165) is 52.8 Å². The predicted octanol–water partition coefficient (Wildman–Crippen LogP) is 3.72. The summed E-state index contributed by atoms with van der Waals surface area (Å²) in [7, 11) is 4.00. The van der Waals surface area contributed by atoms with E-state index in [1.54, 1.807) is 0 Å². The first-order chi connectivity index (χ1) is 11.9. The van der Waals surface area contributed by atoms with Crippen molar-refractivity contribution in [2.75, 3.05) is 30.9 Å². The second-order valence-corrected chi connectivity index (χ2v) is 6.66. The monoisotopic (exact) mass is 372 g/mol. The highest BCUT2D eigenvalue weighted by Gasteiger charge is 2.18. The summed E-state index contributed by atoms with van der Waals surface area (Å²) in [6.07, 6.45) is 2.99. The summed E-state index contributed by atoms with van der Waals surface area (Å²) in [6, 6.07) is 4.14. The van der Waals surface area contributed by atoms with Crippen LogP contribution >= 0.6 is 13.5 Å². The second kappa shape index (κ2) is 7.95. The molecule has 0 saturated carbocycles. The van der Waals surface area contributed by atoms with Crippen LogP contribution in [0.3, 0.4) is 0 Å². The smallest absolute Gasteiger partial charge is 0.165 e. The molecule has 26 heavy (non-hydrogen) atoms. The number of hydrogen-bond donors (Lipinski definition) is 1. The van der Waals surface area contributed by atoms with Gasteiger partial charge in [0.1, 0.15) is 11.6 Å². The lowest BCUT2D eigenvalue weighted by Crippen LogP contribution is -2.10. The number of hydrogen-bond acceptors (Lipinski definition) is 5. The molecular formula is C19H28N6S. The van der Waals surface area contributed by atoms with Crippen molar-refractivity contribution >= 4 is 30.8 Å². The number of rotatable bonds is 5. The van der Waals surface area contributed by atoms with Crippen molar-refractivity contribution in [3.05, 3.63) is 35.3 Å². The Morgan fingerprint density at radius 3 is 2.50 bits per heavy atom. The van der Waals surface area contributed by atoms with Gasteiger partial charge in [-0.2, -0.15) is 23.1 Å². The Labute approximate surface area is 162 Å². The van der Waals surface area contributed by atoms with Gasteiger partial charge >= 0.3 is 0 Å². The Bertz CT molecular complexity index is 916. The first-order valence-electron chi connectivity index (χ1n) is 8.67. The zero-order valence-electron chi connectivity index (χ0n) is 16.4. The van der Waals surface area contributed by atoms with E-state index in [9.17, 15) is 0 Å². The molecule has 0 aliphatic heterocycles. The number of aryl methyl sites for hydroxylation is 3. The number of anilines is 2. The highest BCUT2D eigenvalue weighted by Crippen LogP contribution is 2.32. The first kappa shape index (κ1) is 20.0. The number of nitrogens with one attached hydrogen (secondary N) is 1. The summed E-state index contributed by atoms with van der Waals surface area (Å²) in [5.74, 6) is 1.93. The Kier molecular flexibility index (Phi) is 6.13. The molecule has 3 aromatic heterocycles. The van der Waals surface area contributed by atoms with E-state index in [4.69, 9.17) is 10.1 Å². The molecule has 6 nitrogen and oxygen atoms in total. The average molecular weight is 373 g/mol. The molecule has 0 bridgehead atoms. The lowest BCUT2D eigenvalue weighted by atomic mass is 10.0. The highest BCUT2D eigenvalue weighted by atomic mass is 32.1. The zero-order chi connectivity index (χ0) is 18.1. The van der Waals surface area contributed by atoms with Gasteiger partial charge in [0.25, 0.3) is 0 Å². The van der Waals surface area contributed by atoms with Crippen LogP contribution in [0.25, 0.3) is 16.8 Å². The Hall–Kier alpha value is -2.28. The van der Waals surface area contributed by atoms with Crippen molar-refractivity contribution in [3.63, 3.8) is 0 Å². The summed E-state index contributed by atoms with van der Waals surface area (Å²) >= 11 is 0. The largest absolute Gasteiger partial charge is 0.370 e. The normalized spacial score (nSPS) is 10.7. The molecule has 0 aliphatic carbocycles. The van der Waals surface area contributed by atoms with E-state index >= 15 is 0 Å². The molecule has 3 rings (SSSR count). The molecule has 0 aromatic carbocycles. The van der Waals surface area contributed by atoms with Crippen LogP contribution in [0.15, 0.2) is 18.3 Å². The second-order valence-electron chi connectivity index (χ2n) is 6.66. The maximum Gasteiger partial charge on any atom is 0.165 e. The van der Waals surface area contributed by atoms with E-state index in [1.165, 1.54) is 5.56 Å². The predicted molar refractivity (Wildman–Crippen MR) is 114 cm³/mol. The van der Waals surface area contributed by atoms with Crippen LogP contribution in [0.4, 0.5) is 11.6 Å². The van der Waals surface area contributed by atoms with Crippen molar-refractivity contribution in [1.82, 2.24) is 19.6 Å². The van der Waals surface area contributed by atoms with Gasteiger partial charge in [0.15, 0.2) is 5.65 Å². The van der Waals surface area contributed by atoms with Crippen molar-refractivity contribution in [2.24, 2.45) is 0 Å². The van der Waals surface area contributed by atoms with Crippen LogP contribution in [-0.2, 0) is 0 Å². The number of fused-ring (bicyclic) bond motifs is 1. The van der Waals surface area contributed by atoms with Gasteiger partial charge in [-0.1, -0.05) is 6.92 Å². The molecular weight excluding hydrogens is 344 g/mol. The van der Waals surface area contributed by atoms with Crippen LogP contribution in [-0.4, -0.2) is 40.2 Å². The van der Waals surface area contributed by atoms with E-state index in [0.29, 0.717) is 0 Å². The molecule has 0 unspecified atom stereocenters. The molecule has 3 aromatic rings. The molecule has 0 amide bonds. The molecule has 7 heteroatoms. The molecule has 0 fully saturated rings. The molecule has 0 radical (unpaired) electrons. The van der Waals surface area contributed by atoms with Crippen LogP contribution in [0.5, 0.6) is 0 Å². The van der Waals surface area contributed by atoms with Crippen molar-refractivity contribution in [2.45, 2.75) is 34.1 Å². The fraction of sp³-hybridized carbons (Fsp3) is 0.421. The van der Waals surface area contributed by atoms with Gasteiger partial charge in [-0.15, -0.1) is 0 Å². The van der Waals surface area contributed by atoms with E-state index in [2.05, 4.69) is 30.2 Å². The van der Waals surface area contributed by atoms with E-state index in [1.807, 2.05) is 49.6 Å². The van der Waals surface area contributed by atoms with E-state index in [-0.39, 0.29) is 13.5 Å². The van der Waals surface area contributed by atoms with Gasteiger partial charge < -0.3 is 10.2 Å². The van der Waals surface area contributed by atoms with Gasteiger partial charge in [0.05, 0.1) is 11.3 Å². The van der Waals surface area contributed by atoms with Gasteiger partial charge in [-0.3, -0.25) is 0 Å². The molecule has 1 N–H and O–H groups in total. The van der Waals surface area contributed by atoms with Crippen molar-refractivity contribution in [3.8, 4) is 11.1 Å². The molecule has 0 spiro atoms. The third-order valence-electron chi connectivity index (χ3n) is 4.27. The average Bonchev–Trinajstić information content (AvgIpc) is 2.88. The highest BCUT2D eigenvalue weighted by molar-refractivity contribution is 7.59. The summed E-state index contributed by atoms with van der Waals surface area (Å²) in [4.78, 5) is 11.4. The van der Waals surface area contributed by atoms with Crippen molar-refractivity contribution < 1.29 is 0 Å². The number of nitrogens with zero attached hydrogens (tertiary/aromatic N) is 5. The lowest BCUT2D eigenvalue weighted by Gasteiger charge is -2.14. The standard InChI is InChI=1S/C19H26N6.H2S/c1-7-8-20-17-10-13(3)22-19-18(14(4)23-25(17)19)15-11-21-16(24(5)6)9-12(15)2;/h9-11,20H,7-8H2,1-6H3;1H2. The minimum atomic E-state index is 0. The molecule has 140 valence electrons.